The smallest absolute Gasteiger partial charge is 0.308 e. The summed E-state index contributed by atoms with van der Waals surface area (Å²) in [7, 11) is 3.32. The Balaban J connectivity index is 2.33. The minimum absolute atomic E-state index is 0.0750. The van der Waals surface area contributed by atoms with E-state index in [1.807, 2.05) is 31.2 Å². The van der Waals surface area contributed by atoms with E-state index in [0.29, 0.717) is 25.6 Å². The van der Waals surface area contributed by atoms with E-state index in [1.165, 1.54) is 0 Å². The summed E-state index contributed by atoms with van der Waals surface area (Å²) in [6, 6.07) is 7.88. The lowest BCUT2D eigenvalue weighted by Gasteiger charge is -2.33. The van der Waals surface area contributed by atoms with Crippen molar-refractivity contribution in [2.45, 2.75) is 92.3 Å². The van der Waals surface area contributed by atoms with Gasteiger partial charge in [-0.3, -0.25) is 9.59 Å². The number of esters is 1. The molecular weight excluding hydrogens is 430 g/mol. The second kappa shape index (κ2) is 15.8. The van der Waals surface area contributed by atoms with E-state index in [9.17, 15) is 9.59 Å². The highest BCUT2D eigenvalue weighted by Crippen LogP contribution is 2.30. The highest BCUT2D eigenvalue weighted by atomic mass is 16.5. The molecule has 194 valence electrons. The van der Waals surface area contributed by atoms with Crippen molar-refractivity contribution in [3.8, 4) is 5.75 Å². The molecule has 0 spiro atoms. The Morgan fingerprint density at radius 1 is 1.00 bits per heavy atom. The molecule has 0 saturated heterocycles. The van der Waals surface area contributed by atoms with E-state index in [0.717, 1.165) is 49.8 Å². The second-order valence-electron chi connectivity index (χ2n) is 10.5. The Hall–Kier alpha value is -2.08. The van der Waals surface area contributed by atoms with Gasteiger partial charge in [0.1, 0.15) is 11.9 Å². The molecule has 0 aliphatic rings. The van der Waals surface area contributed by atoms with Gasteiger partial charge in [0.15, 0.2) is 0 Å². The summed E-state index contributed by atoms with van der Waals surface area (Å²) in [5.41, 5.74) is 0.994. The van der Waals surface area contributed by atoms with Crippen LogP contribution in [-0.4, -0.2) is 38.7 Å². The van der Waals surface area contributed by atoms with E-state index >= 15 is 0 Å². The fourth-order valence-electron chi connectivity index (χ4n) is 3.74. The highest BCUT2D eigenvalue weighted by Gasteiger charge is 2.31. The number of carbonyl (C=O) groups is 2. The summed E-state index contributed by atoms with van der Waals surface area (Å²) in [6.07, 6.45) is 5.66. The molecule has 0 aromatic heterocycles. The van der Waals surface area contributed by atoms with Crippen LogP contribution in [0.4, 0.5) is 0 Å². The predicted octanol–water partition coefficient (Wildman–Crippen LogP) is 5.92. The first kappa shape index (κ1) is 30.0. The van der Waals surface area contributed by atoms with Gasteiger partial charge >= 0.3 is 5.97 Å². The summed E-state index contributed by atoms with van der Waals surface area (Å²) < 4.78 is 16.9. The maximum atomic E-state index is 12.8. The Bertz CT molecular complexity index is 711. The maximum Gasteiger partial charge on any atom is 0.308 e. The molecule has 1 N–H and O–H groups in total. The number of hydrogen-bond donors (Lipinski definition) is 1. The summed E-state index contributed by atoms with van der Waals surface area (Å²) in [6.45, 7) is 11.7. The third-order valence-corrected chi connectivity index (χ3v) is 6.23. The molecule has 0 aliphatic heterocycles. The lowest BCUT2D eigenvalue weighted by molar-refractivity contribution is -0.160. The molecule has 3 atom stereocenters. The van der Waals surface area contributed by atoms with Crippen molar-refractivity contribution in [2.75, 3.05) is 20.8 Å². The Labute approximate surface area is 207 Å². The van der Waals surface area contributed by atoms with Crippen LogP contribution >= 0.6 is 0 Å². The minimum atomic E-state index is -0.134. The average molecular weight is 478 g/mol. The molecule has 6 heteroatoms. The Kier molecular flexibility index (Phi) is 13.9. The van der Waals surface area contributed by atoms with Crippen LogP contribution in [0.3, 0.4) is 0 Å². The summed E-state index contributed by atoms with van der Waals surface area (Å²) >= 11 is 0. The van der Waals surface area contributed by atoms with Crippen LogP contribution in [0.1, 0.15) is 85.1 Å². The first-order valence-corrected chi connectivity index (χ1v) is 12.7. The number of rotatable bonds is 16. The van der Waals surface area contributed by atoms with Crippen molar-refractivity contribution < 1.29 is 23.8 Å². The molecule has 0 saturated carbocycles. The predicted molar refractivity (Wildman–Crippen MR) is 137 cm³/mol. The molecule has 1 aromatic rings. The number of unbranched alkanes of at least 4 members (excludes halogenated alkanes) is 1. The van der Waals surface area contributed by atoms with Crippen LogP contribution in [0.15, 0.2) is 24.3 Å². The third-order valence-electron chi connectivity index (χ3n) is 6.23. The van der Waals surface area contributed by atoms with Crippen molar-refractivity contribution in [1.82, 2.24) is 5.32 Å². The number of benzene rings is 1. The molecule has 0 aliphatic carbocycles. The molecule has 0 radical (unpaired) electrons. The molecule has 6 nitrogen and oxygen atoms in total. The highest BCUT2D eigenvalue weighted by molar-refractivity contribution is 5.75. The fourth-order valence-corrected chi connectivity index (χ4v) is 3.74. The lowest BCUT2D eigenvalue weighted by Crippen LogP contribution is -2.35. The van der Waals surface area contributed by atoms with Gasteiger partial charge in [-0.15, -0.1) is 0 Å². The minimum Gasteiger partial charge on any atom is -0.497 e. The molecule has 0 fully saturated rings. The maximum absolute atomic E-state index is 12.8. The van der Waals surface area contributed by atoms with Crippen molar-refractivity contribution in [3.05, 3.63) is 29.8 Å². The normalized spacial score (nSPS) is 14.2. The number of amides is 1. The molecule has 1 amide bonds. The second-order valence-corrected chi connectivity index (χ2v) is 10.5. The molecule has 34 heavy (non-hydrogen) atoms. The zero-order chi connectivity index (χ0) is 25.6. The Morgan fingerprint density at radius 3 is 2.26 bits per heavy atom. The summed E-state index contributed by atoms with van der Waals surface area (Å²) in [5.74, 6) is 1.06. The zero-order valence-electron chi connectivity index (χ0n) is 22.4. The van der Waals surface area contributed by atoms with E-state index in [1.54, 1.807) is 14.2 Å². The molecule has 0 heterocycles. The van der Waals surface area contributed by atoms with Gasteiger partial charge in [-0.25, -0.2) is 0 Å². The molecule has 1 rings (SSSR count). The van der Waals surface area contributed by atoms with Gasteiger partial charge in [0.25, 0.3) is 0 Å². The topological polar surface area (TPSA) is 73.9 Å². The number of nitrogens with one attached hydrogen (secondary N) is 1. The Morgan fingerprint density at radius 2 is 1.68 bits per heavy atom. The SMILES string of the molecule is CNC(=O)CCC[C@H](C)C[C@H](OC(=O)[C@H](C)CCCCOCc1ccc(OC)cc1)C(C)(C)C. The standard InChI is InChI=1S/C28H47NO5/c1-21(11-10-13-26(30)29-6)19-25(28(3,4)5)34-27(31)22(2)12-8-9-18-33-20-23-14-16-24(32-7)17-15-23/h14-17,21-22,25H,8-13,18-20H2,1-7H3,(H,29,30)/t21-,22+,25-/m0/s1. The largest absolute Gasteiger partial charge is 0.497 e. The molecular formula is C28H47NO5. The van der Waals surface area contributed by atoms with Crippen LogP contribution in [0.2, 0.25) is 0 Å². The van der Waals surface area contributed by atoms with Gasteiger partial charge in [0.2, 0.25) is 5.91 Å². The number of hydrogen-bond acceptors (Lipinski definition) is 5. The van der Waals surface area contributed by atoms with Gasteiger partial charge in [0, 0.05) is 20.1 Å². The summed E-state index contributed by atoms with van der Waals surface area (Å²) in [5, 5.41) is 2.66. The van der Waals surface area contributed by atoms with Gasteiger partial charge in [0.05, 0.1) is 19.6 Å². The third kappa shape index (κ3) is 12.4. The van der Waals surface area contributed by atoms with Crippen LogP contribution in [-0.2, 0) is 25.7 Å². The number of carbonyl (C=O) groups excluding carboxylic acids is 2. The van der Waals surface area contributed by atoms with E-state index in [-0.39, 0.29) is 29.3 Å². The quantitative estimate of drug-likeness (QED) is 0.236. The van der Waals surface area contributed by atoms with Gasteiger partial charge in [-0.2, -0.15) is 0 Å². The molecule has 0 bridgehead atoms. The lowest BCUT2D eigenvalue weighted by atomic mass is 9.82. The van der Waals surface area contributed by atoms with Crippen molar-refractivity contribution in [2.24, 2.45) is 17.3 Å². The van der Waals surface area contributed by atoms with Crippen LogP contribution in [0.25, 0.3) is 0 Å². The van der Waals surface area contributed by atoms with Crippen molar-refractivity contribution in [1.29, 1.82) is 0 Å². The monoisotopic (exact) mass is 477 g/mol. The number of ether oxygens (including phenoxy) is 3. The number of methoxy groups -OCH3 is 1. The first-order chi connectivity index (χ1) is 16.1. The average Bonchev–Trinajstić information content (AvgIpc) is 2.80. The molecule has 0 unspecified atom stereocenters. The van der Waals surface area contributed by atoms with E-state index in [2.05, 4.69) is 33.0 Å². The zero-order valence-corrected chi connectivity index (χ0v) is 22.4. The summed E-state index contributed by atoms with van der Waals surface area (Å²) in [4.78, 5) is 24.2. The van der Waals surface area contributed by atoms with Gasteiger partial charge < -0.3 is 19.5 Å². The van der Waals surface area contributed by atoms with Crippen LogP contribution < -0.4 is 10.1 Å². The van der Waals surface area contributed by atoms with Crippen LogP contribution in [0, 0.1) is 17.3 Å². The van der Waals surface area contributed by atoms with Crippen LogP contribution in [0.5, 0.6) is 5.75 Å². The van der Waals surface area contributed by atoms with E-state index < -0.39 is 0 Å². The molecule has 1 aromatic carbocycles. The fraction of sp³-hybridized carbons (Fsp3) is 0.714. The van der Waals surface area contributed by atoms with Gasteiger partial charge in [-0.1, -0.05) is 59.6 Å². The van der Waals surface area contributed by atoms with Crippen molar-refractivity contribution in [3.63, 3.8) is 0 Å². The van der Waals surface area contributed by atoms with E-state index in [4.69, 9.17) is 14.2 Å². The first-order valence-electron chi connectivity index (χ1n) is 12.7. The van der Waals surface area contributed by atoms with Crippen molar-refractivity contribution >= 4 is 11.9 Å². The van der Waals surface area contributed by atoms with Gasteiger partial charge in [-0.05, 0) is 54.7 Å².